The molecule has 3 aromatic heterocycles. The molecule has 156 valence electrons. The lowest BCUT2D eigenvalue weighted by Gasteiger charge is -2.19. The number of nitrogens with zero attached hydrogens (tertiary/aromatic N) is 5. The summed E-state index contributed by atoms with van der Waals surface area (Å²) in [6.45, 7) is 11.5. The molecule has 1 aromatic carbocycles. The fraction of sp³-hybridized carbons (Fsp3) is 0.364. The van der Waals surface area contributed by atoms with Crippen molar-refractivity contribution in [1.29, 1.82) is 0 Å². The molecule has 7 nitrogen and oxygen atoms in total. The first-order chi connectivity index (χ1) is 14.4. The van der Waals surface area contributed by atoms with Crippen LogP contribution < -0.4 is 0 Å². The van der Waals surface area contributed by atoms with E-state index in [0.717, 1.165) is 23.1 Å². The SMILES string of the molecule is CCn1c(S[C@H](C)c2nc(-c3ccco3)no2)nnc1-c1ccc(C(C)(C)C)cc1. The van der Waals surface area contributed by atoms with Crippen LogP contribution in [0.5, 0.6) is 0 Å². The van der Waals surface area contributed by atoms with E-state index in [1.54, 1.807) is 30.2 Å². The van der Waals surface area contributed by atoms with E-state index in [0.29, 0.717) is 17.5 Å². The third-order valence-electron chi connectivity index (χ3n) is 4.86. The van der Waals surface area contributed by atoms with Gasteiger partial charge in [-0.25, -0.2) is 0 Å². The van der Waals surface area contributed by atoms with Crippen molar-refractivity contribution < 1.29 is 8.94 Å². The second-order valence-electron chi connectivity index (χ2n) is 8.07. The molecule has 0 aliphatic heterocycles. The number of hydrogen-bond acceptors (Lipinski definition) is 7. The normalized spacial score (nSPS) is 13.0. The van der Waals surface area contributed by atoms with Crippen molar-refractivity contribution in [1.82, 2.24) is 24.9 Å². The van der Waals surface area contributed by atoms with Gasteiger partial charge < -0.3 is 13.5 Å². The largest absolute Gasteiger partial charge is 0.461 e. The first-order valence-corrected chi connectivity index (χ1v) is 10.8. The lowest BCUT2D eigenvalue weighted by atomic mass is 9.87. The Labute approximate surface area is 179 Å². The van der Waals surface area contributed by atoms with Crippen LogP contribution in [0.3, 0.4) is 0 Å². The summed E-state index contributed by atoms with van der Waals surface area (Å²) in [6.07, 6.45) is 1.59. The van der Waals surface area contributed by atoms with Crippen LogP contribution in [0.25, 0.3) is 23.0 Å². The lowest BCUT2D eigenvalue weighted by Crippen LogP contribution is -2.10. The van der Waals surface area contributed by atoms with Gasteiger partial charge in [0, 0.05) is 12.1 Å². The minimum Gasteiger partial charge on any atom is -0.461 e. The molecule has 0 saturated heterocycles. The molecule has 0 bridgehead atoms. The summed E-state index contributed by atoms with van der Waals surface area (Å²) in [5.41, 5.74) is 2.46. The first-order valence-electron chi connectivity index (χ1n) is 9.95. The second-order valence-corrected chi connectivity index (χ2v) is 9.38. The van der Waals surface area contributed by atoms with Crippen LogP contribution in [0.15, 0.2) is 56.8 Å². The van der Waals surface area contributed by atoms with Gasteiger partial charge in [0.1, 0.15) is 0 Å². The summed E-state index contributed by atoms with van der Waals surface area (Å²) >= 11 is 1.54. The topological polar surface area (TPSA) is 82.8 Å². The molecular weight excluding hydrogens is 398 g/mol. The fourth-order valence-electron chi connectivity index (χ4n) is 3.11. The maximum absolute atomic E-state index is 5.43. The summed E-state index contributed by atoms with van der Waals surface area (Å²) in [5.74, 6) is 2.40. The maximum atomic E-state index is 5.43. The molecule has 0 aliphatic carbocycles. The molecule has 3 heterocycles. The molecule has 0 fully saturated rings. The zero-order valence-electron chi connectivity index (χ0n) is 17.8. The zero-order chi connectivity index (χ0) is 21.3. The summed E-state index contributed by atoms with van der Waals surface area (Å²) in [4.78, 5) is 4.45. The Kier molecular flexibility index (Phi) is 5.51. The number of hydrogen-bond donors (Lipinski definition) is 0. The summed E-state index contributed by atoms with van der Waals surface area (Å²) in [6, 6.07) is 12.1. The minimum absolute atomic E-state index is 0.0770. The molecule has 30 heavy (non-hydrogen) atoms. The number of rotatable bonds is 6. The Morgan fingerprint density at radius 3 is 2.50 bits per heavy atom. The third-order valence-corrected chi connectivity index (χ3v) is 5.92. The maximum Gasteiger partial charge on any atom is 0.240 e. The van der Waals surface area contributed by atoms with Gasteiger partial charge in [0.25, 0.3) is 0 Å². The predicted octanol–water partition coefficient (Wildman–Crippen LogP) is 5.76. The fourth-order valence-corrected chi connectivity index (χ4v) is 4.05. The zero-order valence-corrected chi connectivity index (χ0v) is 18.6. The van der Waals surface area contributed by atoms with E-state index in [-0.39, 0.29) is 10.7 Å². The van der Waals surface area contributed by atoms with Gasteiger partial charge in [-0.3, -0.25) is 0 Å². The Morgan fingerprint density at radius 2 is 1.87 bits per heavy atom. The molecule has 4 aromatic rings. The van der Waals surface area contributed by atoms with Crippen LogP contribution in [-0.4, -0.2) is 24.9 Å². The van der Waals surface area contributed by atoms with E-state index < -0.39 is 0 Å². The van der Waals surface area contributed by atoms with Crippen LogP contribution in [0.1, 0.15) is 51.3 Å². The average Bonchev–Trinajstić information content (AvgIpc) is 3.47. The monoisotopic (exact) mass is 423 g/mol. The molecule has 8 heteroatoms. The predicted molar refractivity (Wildman–Crippen MR) is 116 cm³/mol. The highest BCUT2D eigenvalue weighted by molar-refractivity contribution is 7.99. The molecule has 0 saturated carbocycles. The third kappa shape index (κ3) is 4.05. The molecule has 0 unspecified atom stereocenters. The molecule has 0 radical (unpaired) electrons. The quantitative estimate of drug-likeness (QED) is 0.365. The van der Waals surface area contributed by atoms with Crippen molar-refractivity contribution >= 4 is 11.8 Å². The minimum atomic E-state index is -0.0770. The summed E-state index contributed by atoms with van der Waals surface area (Å²) < 4.78 is 12.9. The van der Waals surface area contributed by atoms with E-state index in [4.69, 9.17) is 8.94 Å². The average molecular weight is 424 g/mol. The standard InChI is InChI=1S/C22H25N5O2S/c1-6-27-19(15-9-11-16(12-10-15)22(3,4)5)24-25-21(27)30-14(2)20-23-18(26-29-20)17-8-7-13-28-17/h7-14H,6H2,1-5H3/t14-/m1/s1. The van der Waals surface area contributed by atoms with Gasteiger partial charge in [0.2, 0.25) is 11.7 Å². The van der Waals surface area contributed by atoms with Gasteiger partial charge >= 0.3 is 0 Å². The van der Waals surface area contributed by atoms with Gasteiger partial charge in [-0.1, -0.05) is 62.0 Å². The smallest absolute Gasteiger partial charge is 0.240 e. The van der Waals surface area contributed by atoms with Gasteiger partial charge in [-0.2, -0.15) is 4.98 Å². The van der Waals surface area contributed by atoms with Crippen LogP contribution in [0.4, 0.5) is 0 Å². The van der Waals surface area contributed by atoms with Gasteiger partial charge in [-0.15, -0.1) is 10.2 Å². The Hall–Kier alpha value is -2.87. The van der Waals surface area contributed by atoms with Gasteiger partial charge in [0.05, 0.1) is 11.5 Å². The van der Waals surface area contributed by atoms with Crippen LogP contribution >= 0.6 is 11.8 Å². The van der Waals surface area contributed by atoms with Gasteiger partial charge in [0.15, 0.2) is 16.7 Å². The Balaban J connectivity index is 1.55. The van der Waals surface area contributed by atoms with Crippen molar-refractivity contribution in [3.8, 4) is 23.0 Å². The first kappa shape index (κ1) is 20.4. The molecule has 0 N–H and O–H groups in total. The van der Waals surface area contributed by atoms with Crippen LogP contribution in [-0.2, 0) is 12.0 Å². The lowest BCUT2D eigenvalue weighted by molar-refractivity contribution is 0.379. The molecule has 1 atom stereocenters. The van der Waals surface area contributed by atoms with Crippen LogP contribution in [0.2, 0.25) is 0 Å². The highest BCUT2D eigenvalue weighted by Crippen LogP contribution is 2.35. The van der Waals surface area contributed by atoms with Crippen molar-refractivity contribution in [3.63, 3.8) is 0 Å². The number of thioether (sulfide) groups is 1. The molecular formula is C22H25N5O2S. The highest BCUT2D eigenvalue weighted by atomic mass is 32.2. The van der Waals surface area contributed by atoms with E-state index in [1.165, 1.54) is 5.56 Å². The molecule has 0 spiro atoms. The summed E-state index contributed by atoms with van der Waals surface area (Å²) in [5, 5.41) is 13.6. The van der Waals surface area contributed by atoms with Crippen LogP contribution in [0, 0.1) is 0 Å². The number of aromatic nitrogens is 5. The molecule has 0 amide bonds. The highest BCUT2D eigenvalue weighted by Gasteiger charge is 2.22. The Morgan fingerprint density at radius 1 is 1.10 bits per heavy atom. The van der Waals surface area contributed by atoms with E-state index in [9.17, 15) is 0 Å². The number of furan rings is 1. The van der Waals surface area contributed by atoms with E-state index in [2.05, 4.69) is 76.9 Å². The number of benzene rings is 1. The van der Waals surface area contributed by atoms with Gasteiger partial charge in [-0.05, 0) is 37.0 Å². The Bertz CT molecular complexity index is 1110. The van der Waals surface area contributed by atoms with Crippen molar-refractivity contribution in [2.24, 2.45) is 0 Å². The summed E-state index contributed by atoms with van der Waals surface area (Å²) in [7, 11) is 0. The molecule has 4 rings (SSSR count). The molecule has 0 aliphatic rings. The van der Waals surface area contributed by atoms with E-state index >= 15 is 0 Å². The van der Waals surface area contributed by atoms with E-state index in [1.807, 2.05) is 6.92 Å². The van der Waals surface area contributed by atoms with Crippen molar-refractivity contribution in [2.75, 3.05) is 0 Å². The van der Waals surface area contributed by atoms with Crippen molar-refractivity contribution in [2.45, 2.75) is 57.0 Å². The second kappa shape index (κ2) is 8.10. The van der Waals surface area contributed by atoms with Crippen molar-refractivity contribution in [3.05, 3.63) is 54.1 Å².